The Morgan fingerprint density at radius 2 is 2.00 bits per heavy atom. The van der Waals surface area contributed by atoms with E-state index in [1.54, 1.807) is 18.5 Å². The topological polar surface area (TPSA) is 99.0 Å². The Morgan fingerprint density at radius 3 is 2.62 bits per heavy atom. The summed E-state index contributed by atoms with van der Waals surface area (Å²) in [6.45, 7) is 4.08. The summed E-state index contributed by atoms with van der Waals surface area (Å²) >= 11 is 0. The van der Waals surface area contributed by atoms with Crippen LogP contribution in [0.5, 0.6) is 0 Å². The van der Waals surface area contributed by atoms with Gasteiger partial charge in [-0.1, -0.05) is 0 Å². The summed E-state index contributed by atoms with van der Waals surface area (Å²) in [4.78, 5) is 17.8. The third kappa shape index (κ3) is 4.74. The van der Waals surface area contributed by atoms with Gasteiger partial charge in [0.05, 0.1) is 23.4 Å². The van der Waals surface area contributed by atoms with Crippen LogP contribution < -0.4 is 11.1 Å². The summed E-state index contributed by atoms with van der Waals surface area (Å²) < 4.78 is 7.34. The number of pyridine rings is 1. The minimum atomic E-state index is -0.0982. The van der Waals surface area contributed by atoms with E-state index in [0.717, 1.165) is 31.1 Å². The van der Waals surface area contributed by atoms with E-state index >= 15 is 0 Å². The van der Waals surface area contributed by atoms with E-state index in [1.807, 2.05) is 30.7 Å². The maximum atomic E-state index is 13.1. The summed E-state index contributed by atoms with van der Waals surface area (Å²) in [5.41, 5.74) is 7.87. The molecule has 3 aromatic rings. The minimum Gasteiger partial charge on any atom is -0.463 e. The van der Waals surface area contributed by atoms with E-state index in [9.17, 15) is 4.79 Å². The molecule has 0 aromatic carbocycles. The third-order valence-corrected chi connectivity index (χ3v) is 5.18. The number of hydrogen-bond acceptors (Lipinski definition) is 5. The van der Waals surface area contributed by atoms with Gasteiger partial charge in [-0.05, 0) is 57.7 Å². The molecule has 3 aromatic heterocycles. The minimum absolute atomic E-state index is 0. The SMILES string of the molecule is CC(C)n1ncc2c(C(=O)NC3CCC(N)CC3)cc(-c3ccco3)nc21.Cl.Cl. The molecule has 0 bridgehead atoms. The highest BCUT2D eigenvalue weighted by Crippen LogP contribution is 2.27. The molecule has 1 aliphatic rings. The molecular formula is C20H27Cl2N5O2. The lowest BCUT2D eigenvalue weighted by atomic mass is 9.91. The molecule has 0 spiro atoms. The lowest BCUT2D eigenvalue weighted by Crippen LogP contribution is -2.40. The van der Waals surface area contributed by atoms with Crippen LogP contribution in [0.15, 0.2) is 35.1 Å². The zero-order valence-corrected chi connectivity index (χ0v) is 18.1. The van der Waals surface area contributed by atoms with Crippen LogP contribution >= 0.6 is 24.8 Å². The van der Waals surface area contributed by atoms with Crippen molar-refractivity contribution < 1.29 is 9.21 Å². The van der Waals surface area contributed by atoms with Crippen molar-refractivity contribution in [2.45, 2.75) is 57.7 Å². The average Bonchev–Trinajstić information content (AvgIpc) is 3.32. The third-order valence-electron chi connectivity index (χ3n) is 5.18. The molecule has 0 saturated heterocycles. The Bertz CT molecular complexity index is 947. The Morgan fingerprint density at radius 1 is 1.28 bits per heavy atom. The van der Waals surface area contributed by atoms with Gasteiger partial charge in [-0.2, -0.15) is 5.10 Å². The lowest BCUT2D eigenvalue weighted by Gasteiger charge is -2.26. The number of nitrogens with one attached hydrogen (secondary N) is 1. The highest BCUT2D eigenvalue weighted by Gasteiger charge is 2.24. The monoisotopic (exact) mass is 439 g/mol. The molecule has 1 saturated carbocycles. The molecular weight excluding hydrogens is 413 g/mol. The molecule has 4 rings (SSSR count). The highest BCUT2D eigenvalue weighted by atomic mass is 35.5. The van der Waals surface area contributed by atoms with Crippen molar-refractivity contribution in [1.82, 2.24) is 20.1 Å². The number of nitrogens with zero attached hydrogens (tertiary/aromatic N) is 3. The Labute approximate surface area is 182 Å². The highest BCUT2D eigenvalue weighted by molar-refractivity contribution is 6.06. The molecule has 29 heavy (non-hydrogen) atoms. The Kier molecular flexibility index (Phi) is 7.68. The van der Waals surface area contributed by atoms with Crippen LogP contribution in [-0.2, 0) is 0 Å². The molecule has 3 N–H and O–H groups in total. The predicted molar refractivity (Wildman–Crippen MR) is 118 cm³/mol. The molecule has 3 heterocycles. The number of halogens is 2. The van der Waals surface area contributed by atoms with Gasteiger partial charge in [0, 0.05) is 18.1 Å². The predicted octanol–water partition coefficient (Wildman–Crippen LogP) is 4.12. The first-order valence-corrected chi connectivity index (χ1v) is 9.51. The summed E-state index contributed by atoms with van der Waals surface area (Å²) in [6.07, 6.45) is 7.04. The van der Waals surface area contributed by atoms with E-state index in [4.69, 9.17) is 15.1 Å². The number of amides is 1. The van der Waals surface area contributed by atoms with Crippen molar-refractivity contribution in [3.63, 3.8) is 0 Å². The van der Waals surface area contributed by atoms with Crippen molar-refractivity contribution in [3.8, 4) is 11.5 Å². The van der Waals surface area contributed by atoms with E-state index in [2.05, 4.69) is 10.4 Å². The van der Waals surface area contributed by atoms with Gasteiger partial charge in [0.1, 0.15) is 5.69 Å². The zero-order valence-electron chi connectivity index (χ0n) is 16.5. The number of hydrogen-bond donors (Lipinski definition) is 2. The van der Waals surface area contributed by atoms with Gasteiger partial charge in [-0.3, -0.25) is 4.79 Å². The smallest absolute Gasteiger partial charge is 0.252 e. The number of carbonyl (C=O) groups excluding carboxylic acids is 1. The van der Waals surface area contributed by atoms with Crippen LogP contribution in [0.3, 0.4) is 0 Å². The van der Waals surface area contributed by atoms with Gasteiger partial charge < -0.3 is 15.5 Å². The first kappa shape index (κ1) is 23.2. The molecule has 0 radical (unpaired) electrons. The molecule has 1 amide bonds. The molecule has 0 atom stereocenters. The van der Waals surface area contributed by atoms with Gasteiger partial charge >= 0.3 is 0 Å². The first-order chi connectivity index (χ1) is 13.0. The van der Waals surface area contributed by atoms with Crippen molar-refractivity contribution >= 4 is 41.8 Å². The molecule has 0 aliphatic heterocycles. The molecule has 1 aliphatic carbocycles. The fourth-order valence-corrected chi connectivity index (χ4v) is 3.66. The van der Waals surface area contributed by atoms with Gasteiger partial charge in [0.2, 0.25) is 0 Å². The Balaban J connectivity index is 0.00000150. The second kappa shape index (κ2) is 9.61. The molecule has 1 fully saturated rings. The number of nitrogens with two attached hydrogens (primary N) is 1. The summed E-state index contributed by atoms with van der Waals surface area (Å²) in [7, 11) is 0. The number of fused-ring (bicyclic) bond motifs is 1. The second-order valence-corrected chi connectivity index (χ2v) is 7.54. The van der Waals surface area contributed by atoms with Crippen molar-refractivity contribution in [3.05, 3.63) is 36.2 Å². The zero-order chi connectivity index (χ0) is 19.0. The lowest BCUT2D eigenvalue weighted by molar-refractivity contribution is 0.0927. The maximum Gasteiger partial charge on any atom is 0.252 e. The van der Waals surface area contributed by atoms with Gasteiger partial charge in [-0.25, -0.2) is 9.67 Å². The summed E-state index contributed by atoms with van der Waals surface area (Å²) in [5.74, 6) is 0.532. The van der Waals surface area contributed by atoms with Crippen LogP contribution in [0, 0.1) is 0 Å². The molecule has 9 heteroatoms. The molecule has 0 unspecified atom stereocenters. The largest absolute Gasteiger partial charge is 0.463 e. The standard InChI is InChI=1S/C20H25N5O2.2ClH/c1-12(2)25-19-16(11-22-25)15(10-17(24-19)18-4-3-9-27-18)20(26)23-14-7-5-13(21)6-8-14;;/h3-4,9-14H,5-8,21H2,1-2H3,(H,23,26);2*1H. The Hall–Kier alpha value is -2.09. The van der Waals surface area contributed by atoms with Crippen LogP contribution in [0.1, 0.15) is 55.9 Å². The van der Waals surface area contributed by atoms with E-state index in [-0.39, 0.29) is 48.8 Å². The van der Waals surface area contributed by atoms with Gasteiger partial charge in [-0.15, -0.1) is 24.8 Å². The maximum absolute atomic E-state index is 13.1. The quantitative estimate of drug-likeness (QED) is 0.636. The summed E-state index contributed by atoms with van der Waals surface area (Å²) in [5, 5.41) is 8.37. The van der Waals surface area contributed by atoms with Gasteiger partial charge in [0.15, 0.2) is 11.4 Å². The van der Waals surface area contributed by atoms with E-state index in [0.29, 0.717) is 22.7 Å². The van der Waals surface area contributed by atoms with Crippen molar-refractivity contribution in [2.24, 2.45) is 5.73 Å². The number of furan rings is 1. The first-order valence-electron chi connectivity index (χ1n) is 9.51. The normalized spacial score (nSPS) is 18.9. The average molecular weight is 440 g/mol. The van der Waals surface area contributed by atoms with E-state index in [1.165, 1.54) is 0 Å². The number of aromatic nitrogens is 3. The molecule has 158 valence electrons. The van der Waals surface area contributed by atoms with Crippen LogP contribution in [-0.4, -0.2) is 32.8 Å². The number of carbonyl (C=O) groups is 1. The van der Waals surface area contributed by atoms with Crippen molar-refractivity contribution in [1.29, 1.82) is 0 Å². The molecule has 7 nitrogen and oxygen atoms in total. The van der Waals surface area contributed by atoms with Crippen LogP contribution in [0.4, 0.5) is 0 Å². The number of rotatable bonds is 4. The van der Waals surface area contributed by atoms with Crippen LogP contribution in [0.25, 0.3) is 22.5 Å². The van der Waals surface area contributed by atoms with Gasteiger partial charge in [0.25, 0.3) is 5.91 Å². The van der Waals surface area contributed by atoms with Crippen molar-refractivity contribution in [2.75, 3.05) is 0 Å². The van der Waals surface area contributed by atoms with E-state index < -0.39 is 0 Å². The second-order valence-electron chi connectivity index (χ2n) is 7.54. The fourth-order valence-electron chi connectivity index (χ4n) is 3.66. The fraction of sp³-hybridized carbons (Fsp3) is 0.450. The summed E-state index contributed by atoms with van der Waals surface area (Å²) in [6, 6.07) is 5.99. The van der Waals surface area contributed by atoms with Crippen LogP contribution in [0.2, 0.25) is 0 Å².